The van der Waals surface area contributed by atoms with Crippen LogP contribution < -0.4 is 5.32 Å². The number of rotatable bonds is 3. The van der Waals surface area contributed by atoms with E-state index in [2.05, 4.69) is 19.2 Å². The number of morpholine rings is 1. The molecule has 2 rings (SSSR count). The Balaban J connectivity index is 1.98. The normalized spacial score (nSPS) is 31.2. The van der Waals surface area contributed by atoms with Crippen LogP contribution in [0.25, 0.3) is 0 Å². The van der Waals surface area contributed by atoms with E-state index in [1.807, 2.05) is 11.9 Å². The fourth-order valence-corrected chi connectivity index (χ4v) is 3.44. The van der Waals surface area contributed by atoms with Crippen molar-refractivity contribution < 1.29 is 9.53 Å². The van der Waals surface area contributed by atoms with Crippen LogP contribution in [0.3, 0.4) is 0 Å². The molecule has 0 aromatic rings. The van der Waals surface area contributed by atoms with Crippen LogP contribution in [0, 0.1) is 11.3 Å². The maximum atomic E-state index is 12.8. The zero-order valence-electron chi connectivity index (χ0n) is 12.6. The Bertz CT molecular complexity index is 315. The molecule has 0 radical (unpaired) electrons. The third kappa shape index (κ3) is 3.48. The topological polar surface area (TPSA) is 41.6 Å². The third-order valence-corrected chi connectivity index (χ3v) is 4.69. The molecule has 1 heterocycles. The molecule has 2 unspecified atom stereocenters. The van der Waals surface area contributed by atoms with E-state index < -0.39 is 0 Å². The van der Waals surface area contributed by atoms with Crippen molar-refractivity contribution in [3.63, 3.8) is 0 Å². The second kappa shape index (κ2) is 6.23. The van der Waals surface area contributed by atoms with Crippen LogP contribution in [-0.4, -0.2) is 50.2 Å². The van der Waals surface area contributed by atoms with Crippen molar-refractivity contribution in [2.75, 3.05) is 33.3 Å². The molecule has 1 N–H and O–H groups in total. The number of hydrogen-bond donors (Lipinski definition) is 1. The summed E-state index contributed by atoms with van der Waals surface area (Å²) in [5.74, 6) is 0.559. The maximum absolute atomic E-state index is 12.8. The summed E-state index contributed by atoms with van der Waals surface area (Å²) in [5.41, 5.74) is 0.159. The van der Waals surface area contributed by atoms with Crippen LogP contribution in [0.15, 0.2) is 0 Å². The first-order valence-electron chi connectivity index (χ1n) is 7.59. The molecule has 0 aromatic carbocycles. The summed E-state index contributed by atoms with van der Waals surface area (Å²) in [5, 5.41) is 3.13. The monoisotopic (exact) mass is 268 g/mol. The van der Waals surface area contributed by atoms with E-state index in [1.54, 1.807) is 0 Å². The van der Waals surface area contributed by atoms with Crippen molar-refractivity contribution in [3.05, 3.63) is 0 Å². The van der Waals surface area contributed by atoms with Crippen LogP contribution in [-0.2, 0) is 9.53 Å². The zero-order valence-corrected chi connectivity index (χ0v) is 12.6. The molecule has 0 spiro atoms. The fraction of sp³-hybridized carbons (Fsp3) is 0.933. The van der Waals surface area contributed by atoms with Gasteiger partial charge in [0.25, 0.3) is 0 Å². The lowest BCUT2D eigenvalue weighted by molar-refractivity contribution is -0.148. The number of carbonyl (C=O) groups excluding carboxylic acids is 1. The van der Waals surface area contributed by atoms with E-state index in [9.17, 15) is 4.79 Å². The molecule has 1 aliphatic heterocycles. The van der Waals surface area contributed by atoms with Gasteiger partial charge in [-0.2, -0.15) is 0 Å². The minimum atomic E-state index is 0.148. The summed E-state index contributed by atoms with van der Waals surface area (Å²) in [6.45, 7) is 7.49. The molecule has 19 heavy (non-hydrogen) atoms. The smallest absolute Gasteiger partial charge is 0.226 e. The second-order valence-electron chi connectivity index (χ2n) is 6.62. The fourth-order valence-electron chi connectivity index (χ4n) is 3.44. The summed E-state index contributed by atoms with van der Waals surface area (Å²) >= 11 is 0. The highest BCUT2D eigenvalue weighted by Crippen LogP contribution is 2.41. The van der Waals surface area contributed by atoms with E-state index in [-0.39, 0.29) is 17.4 Å². The lowest BCUT2D eigenvalue weighted by atomic mass is 9.68. The van der Waals surface area contributed by atoms with Gasteiger partial charge < -0.3 is 15.0 Å². The Hall–Kier alpha value is -0.610. The molecule has 1 aliphatic carbocycles. The van der Waals surface area contributed by atoms with Gasteiger partial charge >= 0.3 is 0 Å². The van der Waals surface area contributed by atoms with E-state index in [0.717, 1.165) is 26.1 Å². The standard InChI is InChI=1S/C15H28N2O2/c1-15(2)7-5-4-6-13(15)14(18)17-8-9-19-12(11-17)10-16-3/h12-13,16H,4-11H2,1-3H3. The van der Waals surface area contributed by atoms with Crippen LogP contribution >= 0.6 is 0 Å². The van der Waals surface area contributed by atoms with E-state index >= 15 is 0 Å². The van der Waals surface area contributed by atoms with E-state index in [0.29, 0.717) is 12.5 Å². The Kier molecular flexibility index (Phi) is 4.85. The zero-order chi connectivity index (χ0) is 13.9. The van der Waals surface area contributed by atoms with Gasteiger partial charge in [-0.3, -0.25) is 4.79 Å². The van der Waals surface area contributed by atoms with E-state index in [1.165, 1.54) is 19.3 Å². The molecule has 2 fully saturated rings. The van der Waals surface area contributed by atoms with Gasteiger partial charge in [-0.05, 0) is 25.3 Å². The number of carbonyl (C=O) groups is 1. The number of amides is 1. The molecule has 1 saturated carbocycles. The Morgan fingerprint density at radius 3 is 2.89 bits per heavy atom. The first-order chi connectivity index (χ1) is 9.04. The molecular weight excluding hydrogens is 240 g/mol. The van der Waals surface area contributed by atoms with Crippen LogP contribution in [0.5, 0.6) is 0 Å². The molecule has 2 atom stereocenters. The minimum Gasteiger partial charge on any atom is -0.373 e. The van der Waals surface area contributed by atoms with Crippen molar-refractivity contribution in [1.82, 2.24) is 10.2 Å². The largest absolute Gasteiger partial charge is 0.373 e. The molecule has 4 nitrogen and oxygen atoms in total. The second-order valence-corrected chi connectivity index (χ2v) is 6.62. The Labute approximate surface area is 116 Å². The molecular formula is C15H28N2O2. The van der Waals surface area contributed by atoms with Crippen molar-refractivity contribution in [3.8, 4) is 0 Å². The Morgan fingerprint density at radius 1 is 1.42 bits per heavy atom. The summed E-state index contributed by atoms with van der Waals surface area (Å²) in [7, 11) is 1.92. The molecule has 0 bridgehead atoms. The van der Waals surface area contributed by atoms with Crippen molar-refractivity contribution >= 4 is 5.91 Å². The van der Waals surface area contributed by atoms with Gasteiger partial charge in [0.05, 0.1) is 12.7 Å². The maximum Gasteiger partial charge on any atom is 0.226 e. The van der Waals surface area contributed by atoms with Crippen LogP contribution in [0.2, 0.25) is 0 Å². The highest BCUT2D eigenvalue weighted by atomic mass is 16.5. The van der Waals surface area contributed by atoms with Crippen molar-refractivity contribution in [1.29, 1.82) is 0 Å². The van der Waals surface area contributed by atoms with Crippen LogP contribution in [0.1, 0.15) is 39.5 Å². The molecule has 110 valence electrons. The quantitative estimate of drug-likeness (QED) is 0.846. The number of hydrogen-bond acceptors (Lipinski definition) is 3. The van der Waals surface area contributed by atoms with Gasteiger partial charge in [-0.15, -0.1) is 0 Å². The number of likely N-dealkylation sites (N-methyl/N-ethyl adjacent to an activating group) is 1. The number of nitrogens with one attached hydrogen (secondary N) is 1. The van der Waals surface area contributed by atoms with Crippen molar-refractivity contribution in [2.45, 2.75) is 45.6 Å². The SMILES string of the molecule is CNCC1CN(C(=O)C2CCCCC2(C)C)CCO1. The summed E-state index contributed by atoms with van der Waals surface area (Å²) in [6, 6.07) is 0. The highest BCUT2D eigenvalue weighted by molar-refractivity contribution is 5.79. The molecule has 0 aromatic heterocycles. The van der Waals surface area contributed by atoms with Gasteiger partial charge in [0.1, 0.15) is 0 Å². The molecule has 2 aliphatic rings. The predicted octanol–water partition coefficient (Wildman–Crippen LogP) is 1.65. The number of nitrogens with zero attached hydrogens (tertiary/aromatic N) is 1. The Morgan fingerprint density at radius 2 is 2.21 bits per heavy atom. The van der Waals surface area contributed by atoms with Gasteiger partial charge in [0, 0.05) is 25.6 Å². The van der Waals surface area contributed by atoms with Gasteiger partial charge in [0.2, 0.25) is 5.91 Å². The summed E-state index contributed by atoms with van der Waals surface area (Å²) in [6.07, 6.45) is 4.84. The molecule has 1 amide bonds. The average molecular weight is 268 g/mol. The minimum absolute atomic E-state index is 0.148. The average Bonchev–Trinajstić information content (AvgIpc) is 2.38. The lowest BCUT2D eigenvalue weighted by Crippen LogP contribution is -2.52. The van der Waals surface area contributed by atoms with Crippen LogP contribution in [0.4, 0.5) is 0 Å². The van der Waals surface area contributed by atoms with Gasteiger partial charge in [0.15, 0.2) is 0 Å². The third-order valence-electron chi connectivity index (χ3n) is 4.69. The van der Waals surface area contributed by atoms with E-state index in [4.69, 9.17) is 4.74 Å². The van der Waals surface area contributed by atoms with Gasteiger partial charge in [-0.1, -0.05) is 26.7 Å². The predicted molar refractivity (Wildman–Crippen MR) is 76.0 cm³/mol. The number of ether oxygens (including phenoxy) is 1. The van der Waals surface area contributed by atoms with Crippen molar-refractivity contribution in [2.24, 2.45) is 11.3 Å². The van der Waals surface area contributed by atoms with Gasteiger partial charge in [-0.25, -0.2) is 0 Å². The lowest BCUT2D eigenvalue weighted by Gasteiger charge is -2.42. The summed E-state index contributed by atoms with van der Waals surface area (Å²) in [4.78, 5) is 14.8. The molecule has 1 saturated heterocycles. The highest BCUT2D eigenvalue weighted by Gasteiger charge is 2.40. The first kappa shape index (κ1) is 14.8. The molecule has 4 heteroatoms. The first-order valence-corrected chi connectivity index (χ1v) is 7.59. The summed E-state index contributed by atoms with van der Waals surface area (Å²) < 4.78 is 5.68.